The number of amides is 6. The summed E-state index contributed by atoms with van der Waals surface area (Å²) in [6.07, 6.45) is 6.36. The van der Waals surface area contributed by atoms with Gasteiger partial charge in [-0.2, -0.15) is 4.39 Å². The molecule has 0 spiro atoms. The van der Waals surface area contributed by atoms with Gasteiger partial charge in [0.2, 0.25) is 29.4 Å². The molecule has 3 unspecified atom stereocenters. The second kappa shape index (κ2) is 27.0. The van der Waals surface area contributed by atoms with Gasteiger partial charge in [-0.1, -0.05) is 92.8 Å². The minimum absolute atomic E-state index is 0.191. The van der Waals surface area contributed by atoms with Gasteiger partial charge in [-0.05, 0) is 74.6 Å². The Kier molecular flexibility index (Phi) is 20.1. The summed E-state index contributed by atoms with van der Waals surface area (Å²) in [6, 6.07) is 17.2. The van der Waals surface area contributed by atoms with E-state index in [0.717, 1.165) is 46.5 Å². The first-order chi connectivity index (χ1) is 35.8. The van der Waals surface area contributed by atoms with Crippen LogP contribution in [0.3, 0.4) is 0 Å². The van der Waals surface area contributed by atoms with Crippen molar-refractivity contribution < 1.29 is 52.1 Å². The van der Waals surface area contributed by atoms with Crippen LogP contribution in [0.15, 0.2) is 78.2 Å². The van der Waals surface area contributed by atoms with Gasteiger partial charge < -0.3 is 45.6 Å². The normalized spacial score (nSPS) is 17.2. The van der Waals surface area contributed by atoms with Crippen molar-refractivity contribution in [3.05, 3.63) is 101 Å². The number of hydrogen-bond acceptors (Lipinski definition) is 11. The van der Waals surface area contributed by atoms with Gasteiger partial charge in [-0.3, -0.25) is 28.9 Å². The summed E-state index contributed by atoms with van der Waals surface area (Å²) >= 11 is 1.37. The number of hydrogen-bond donors (Lipinski definition) is 5. The Balaban J connectivity index is 0.942. The molecule has 20 heteroatoms. The third-order valence-corrected chi connectivity index (χ3v) is 15.1. The molecule has 1 aromatic heterocycles. The lowest BCUT2D eigenvalue weighted by Crippen LogP contribution is -2.60. The van der Waals surface area contributed by atoms with E-state index in [9.17, 15) is 38.3 Å². The number of carboxylic acid groups (broad SMARTS) is 1. The fourth-order valence-electron chi connectivity index (χ4n) is 9.90. The molecule has 3 heterocycles. The Morgan fingerprint density at radius 3 is 2.11 bits per heavy atom. The van der Waals surface area contributed by atoms with Crippen molar-refractivity contribution >= 4 is 52.1 Å². The molecule has 3 aliphatic rings. The Hall–Kier alpha value is -6.67. The van der Waals surface area contributed by atoms with Crippen LogP contribution in [-0.2, 0) is 28.7 Å². The van der Waals surface area contributed by atoms with Crippen molar-refractivity contribution in [2.45, 2.75) is 108 Å². The zero-order chi connectivity index (χ0) is 52.6. The number of carbonyl (C=O) groups excluding carboxylic acids is 5. The molecule has 1 aliphatic carbocycles. The molecule has 2 aliphatic heterocycles. The van der Waals surface area contributed by atoms with Gasteiger partial charge >= 0.3 is 6.09 Å². The number of likely N-dealkylation sites (tertiary alicyclic amines) is 1. The van der Waals surface area contributed by atoms with Crippen molar-refractivity contribution in [1.29, 1.82) is 0 Å². The van der Waals surface area contributed by atoms with Crippen LogP contribution in [0.1, 0.15) is 94.6 Å². The molecule has 74 heavy (non-hydrogen) atoms. The van der Waals surface area contributed by atoms with Gasteiger partial charge in [0.05, 0.1) is 18.9 Å². The molecule has 4 aromatic rings. The molecule has 7 rings (SSSR count). The summed E-state index contributed by atoms with van der Waals surface area (Å²) in [5.41, 5.74) is 2.23. The summed E-state index contributed by atoms with van der Waals surface area (Å²) < 4.78 is 40.4. The predicted octanol–water partition coefficient (Wildman–Crippen LogP) is 6.47. The largest absolute Gasteiger partial charge is 0.480 e. The molecule has 3 aromatic carbocycles. The summed E-state index contributed by atoms with van der Waals surface area (Å²) in [6.45, 7) is 4.26. The highest BCUT2D eigenvalue weighted by atomic mass is 32.1. The highest BCUT2D eigenvalue weighted by Gasteiger charge is 2.43. The van der Waals surface area contributed by atoms with Gasteiger partial charge in [0.25, 0.3) is 5.91 Å². The van der Waals surface area contributed by atoms with E-state index in [4.69, 9.17) is 9.47 Å². The van der Waals surface area contributed by atoms with E-state index in [1.165, 1.54) is 36.3 Å². The molecule has 0 radical (unpaired) electrons. The zero-order valence-corrected chi connectivity index (χ0v) is 42.9. The van der Waals surface area contributed by atoms with Gasteiger partial charge in [0, 0.05) is 56.6 Å². The smallest absolute Gasteiger partial charge is 0.407 e. The van der Waals surface area contributed by atoms with Crippen LogP contribution in [0.4, 0.5) is 18.7 Å². The second-order valence-corrected chi connectivity index (χ2v) is 20.0. The number of morpholine rings is 1. The van der Waals surface area contributed by atoms with E-state index in [1.54, 1.807) is 5.38 Å². The number of aromatic nitrogens is 1. The first-order valence-electron chi connectivity index (χ1n) is 25.7. The van der Waals surface area contributed by atoms with E-state index in [-0.39, 0.29) is 18.0 Å². The van der Waals surface area contributed by atoms with E-state index in [2.05, 4.69) is 31.2 Å². The van der Waals surface area contributed by atoms with Crippen LogP contribution in [0.2, 0.25) is 0 Å². The second-order valence-electron chi connectivity index (χ2n) is 19.1. The van der Waals surface area contributed by atoms with Crippen LogP contribution in [0.5, 0.6) is 5.75 Å². The third-order valence-electron chi connectivity index (χ3n) is 14.2. The fourth-order valence-corrected chi connectivity index (χ4v) is 10.8. The number of unbranched alkanes of at least 4 members (excludes halogenated alkanes) is 3. The fraction of sp³-hybridized carbons (Fsp3) is 0.500. The maximum absolute atomic E-state index is 15.1. The maximum Gasteiger partial charge on any atom is 0.407 e. The summed E-state index contributed by atoms with van der Waals surface area (Å²) in [7, 11) is 1.30. The molecule has 0 bridgehead atoms. The summed E-state index contributed by atoms with van der Waals surface area (Å²) in [5, 5.41) is 23.8. The van der Waals surface area contributed by atoms with Crippen LogP contribution in [0, 0.1) is 17.6 Å². The number of thiazole rings is 1. The number of nitrogens with zero attached hydrogens (tertiary/aromatic N) is 4. The zero-order valence-electron chi connectivity index (χ0n) is 42.1. The highest BCUT2D eigenvalue weighted by Crippen LogP contribution is 2.37. The Morgan fingerprint density at radius 1 is 0.811 bits per heavy atom. The molecule has 5 N–H and O–H groups in total. The number of likely N-dealkylation sites (N-methyl/N-ethyl adjacent to an activating group) is 1. The minimum Gasteiger partial charge on any atom is -0.480 e. The number of halogens is 2. The lowest BCUT2D eigenvalue weighted by Gasteiger charge is -2.36. The Morgan fingerprint density at radius 2 is 1.46 bits per heavy atom. The van der Waals surface area contributed by atoms with Crippen molar-refractivity contribution in [1.82, 2.24) is 36.1 Å². The van der Waals surface area contributed by atoms with Gasteiger partial charge in [0.15, 0.2) is 23.3 Å². The number of carbonyl (C=O) groups is 6. The van der Waals surface area contributed by atoms with Gasteiger partial charge in [-0.15, -0.1) is 11.3 Å². The molecule has 2 saturated heterocycles. The van der Waals surface area contributed by atoms with E-state index < -0.39 is 89.7 Å². The predicted molar refractivity (Wildman–Crippen MR) is 276 cm³/mol. The average Bonchev–Trinajstić information content (AvgIpc) is 4.13. The number of benzene rings is 3. The SMILES string of the molecule is CC(C(=O)N[C@H](C(=O)N1CCCC1C(=O)NC(C(=O)NCCCCCCNC(=O)COc1c(-c2csc(N3CCOCC3)n2)ccc(F)c1F)C(c1ccccc1)c1ccccc1)C1CCCCC1)N(C)C(=O)O. The quantitative estimate of drug-likeness (QED) is 0.0509. The van der Waals surface area contributed by atoms with Crippen molar-refractivity contribution in [3.63, 3.8) is 0 Å². The maximum atomic E-state index is 15.1. The summed E-state index contributed by atoms with van der Waals surface area (Å²) in [5.74, 6) is -5.90. The lowest BCUT2D eigenvalue weighted by atomic mass is 9.83. The van der Waals surface area contributed by atoms with Crippen LogP contribution < -0.4 is 30.9 Å². The first-order valence-corrected chi connectivity index (χ1v) is 26.6. The van der Waals surface area contributed by atoms with Crippen LogP contribution in [-0.4, -0.2) is 139 Å². The first kappa shape index (κ1) is 55.1. The van der Waals surface area contributed by atoms with Crippen molar-refractivity contribution in [3.8, 4) is 17.0 Å². The molecular weight excluding hydrogens is 975 g/mol. The van der Waals surface area contributed by atoms with E-state index in [1.807, 2.05) is 60.7 Å². The minimum atomic E-state index is -1.28. The van der Waals surface area contributed by atoms with Crippen LogP contribution in [0.25, 0.3) is 11.3 Å². The third kappa shape index (κ3) is 14.3. The monoisotopic (exact) mass is 1040 g/mol. The molecule has 17 nitrogen and oxygen atoms in total. The molecular formula is C54H68F2N8O9S. The number of rotatable bonds is 23. The Labute approximate surface area is 434 Å². The van der Waals surface area contributed by atoms with Crippen molar-refractivity contribution in [2.24, 2.45) is 5.92 Å². The average molecular weight is 1040 g/mol. The van der Waals surface area contributed by atoms with Crippen molar-refractivity contribution in [2.75, 3.05) is 64.5 Å². The highest BCUT2D eigenvalue weighted by molar-refractivity contribution is 7.14. The number of anilines is 1. The summed E-state index contributed by atoms with van der Waals surface area (Å²) in [4.78, 5) is 90.7. The number of ether oxygens (including phenoxy) is 2. The van der Waals surface area contributed by atoms with Gasteiger partial charge in [-0.25, -0.2) is 14.2 Å². The van der Waals surface area contributed by atoms with E-state index >= 15 is 4.39 Å². The molecule has 398 valence electrons. The standard InChI is InChI=1S/C54H68F2N8O9S/c1-35(62(2)54(70)71)49(66)60-46(38-21-12-7-13-22-38)52(69)64-28-16-23-42(64)50(67)61-47(44(36-17-8-5-9-18-36)37-19-10-6-11-20-37)51(68)58-27-15-4-3-14-26-57-43(65)33-73-48-39(24-25-40(55)45(48)56)41-34-74-53(59-41)63-29-31-72-32-30-63/h5-6,8-11,17-20,24-25,34-35,38,42,44,46-47H,3-4,7,12-16,21-23,26-33H2,1-2H3,(H,57,65)(H,58,68)(H,60,66)(H,61,67)(H,70,71)/t35?,42?,46-,47?/m0/s1. The van der Waals surface area contributed by atoms with Gasteiger partial charge in [0.1, 0.15) is 24.2 Å². The number of nitrogens with one attached hydrogen (secondary N) is 4. The Bertz CT molecular complexity index is 2490. The molecule has 4 atom stereocenters. The molecule has 6 amide bonds. The molecule has 3 fully saturated rings. The van der Waals surface area contributed by atoms with E-state index in [0.29, 0.717) is 96.5 Å². The lowest BCUT2D eigenvalue weighted by molar-refractivity contribution is -0.144. The topological polar surface area (TPSA) is 212 Å². The molecule has 1 saturated carbocycles. The van der Waals surface area contributed by atoms with Crippen LogP contribution >= 0.6 is 11.3 Å².